The molecule has 1 aromatic rings. The molecule has 0 spiro atoms. The number of benzene rings is 1. The molecule has 2 rings (SSSR count). The molecule has 1 heteroatoms. The molecule has 0 saturated carbocycles. The Morgan fingerprint density at radius 1 is 1.28 bits per heavy atom. The third-order valence-electron chi connectivity index (χ3n) is 3.77. The summed E-state index contributed by atoms with van der Waals surface area (Å²) in [7, 11) is 0. The van der Waals surface area contributed by atoms with E-state index < -0.39 is 0 Å². The van der Waals surface area contributed by atoms with E-state index in [9.17, 15) is 0 Å². The molecule has 1 fully saturated rings. The van der Waals surface area contributed by atoms with Gasteiger partial charge in [-0.1, -0.05) is 41.5 Å². The Hall–Kier alpha value is -1.08. The quantitative estimate of drug-likeness (QED) is 0.551. The topological polar surface area (TPSA) is 12.5 Å². The summed E-state index contributed by atoms with van der Waals surface area (Å²) in [6.07, 6.45) is 6.17. The molecule has 1 atom stereocenters. The second kappa shape index (κ2) is 5.27. The lowest BCUT2D eigenvalue weighted by Gasteiger charge is -2.02. The van der Waals surface area contributed by atoms with Crippen molar-refractivity contribution in [2.24, 2.45) is 0 Å². The van der Waals surface area contributed by atoms with Gasteiger partial charge in [0.1, 0.15) is 0 Å². The maximum Gasteiger partial charge on any atom is 0.0892 e. The van der Waals surface area contributed by atoms with Gasteiger partial charge in [-0.25, -0.2) is 0 Å². The molecule has 0 bridgehead atoms. The highest BCUT2D eigenvalue weighted by Crippen LogP contribution is 2.38. The summed E-state index contributed by atoms with van der Waals surface area (Å²) in [6, 6.07) is 8.79. The highest BCUT2D eigenvalue weighted by atomic mass is 16.6. The van der Waals surface area contributed by atoms with Crippen molar-refractivity contribution in [1.82, 2.24) is 0 Å². The van der Waals surface area contributed by atoms with Gasteiger partial charge in [0.05, 0.1) is 11.7 Å². The number of aryl methyl sites for hydroxylation is 1. The van der Waals surface area contributed by atoms with Crippen molar-refractivity contribution >= 4 is 0 Å². The fraction of sp³-hybridized carbons (Fsp3) is 0.529. The van der Waals surface area contributed by atoms with Gasteiger partial charge in [0.25, 0.3) is 0 Å². The molecular formula is C17H24O. The Morgan fingerprint density at radius 2 is 1.89 bits per heavy atom. The minimum absolute atomic E-state index is 0.136. The van der Waals surface area contributed by atoms with Gasteiger partial charge in [-0.3, -0.25) is 0 Å². The van der Waals surface area contributed by atoms with Gasteiger partial charge < -0.3 is 4.74 Å². The first-order chi connectivity index (χ1) is 8.47. The lowest BCUT2D eigenvalue weighted by Crippen LogP contribution is -2.02. The van der Waals surface area contributed by atoms with Crippen LogP contribution in [-0.2, 0) is 11.2 Å². The summed E-state index contributed by atoms with van der Waals surface area (Å²) in [5, 5.41) is 0. The van der Waals surface area contributed by atoms with Crippen LogP contribution in [0.5, 0.6) is 0 Å². The maximum absolute atomic E-state index is 5.60. The molecule has 1 nitrogen and oxygen atoms in total. The molecule has 0 aromatic heterocycles. The largest absolute Gasteiger partial charge is 0.367 e. The van der Waals surface area contributed by atoms with E-state index in [1.165, 1.54) is 16.7 Å². The van der Waals surface area contributed by atoms with Gasteiger partial charge in [0.15, 0.2) is 0 Å². The predicted molar refractivity (Wildman–Crippen MR) is 76.8 cm³/mol. The Bertz CT molecular complexity index is 425. The van der Waals surface area contributed by atoms with Crippen LogP contribution in [0.25, 0.3) is 0 Å². The summed E-state index contributed by atoms with van der Waals surface area (Å²) in [5.41, 5.74) is 4.33. The normalized spacial score (nSPS) is 22.0. The van der Waals surface area contributed by atoms with E-state index >= 15 is 0 Å². The monoisotopic (exact) mass is 244 g/mol. The Labute approximate surface area is 111 Å². The van der Waals surface area contributed by atoms with Gasteiger partial charge in [-0.2, -0.15) is 0 Å². The number of rotatable bonds is 5. The van der Waals surface area contributed by atoms with Crippen molar-refractivity contribution in [3.05, 3.63) is 47.0 Å². The molecule has 1 unspecified atom stereocenters. The Balaban J connectivity index is 1.77. The van der Waals surface area contributed by atoms with Gasteiger partial charge in [0.2, 0.25) is 0 Å². The molecule has 0 aliphatic carbocycles. The minimum atomic E-state index is 0.136. The number of ether oxygens (including phenoxy) is 1. The van der Waals surface area contributed by atoms with Crippen LogP contribution in [-0.4, -0.2) is 11.7 Å². The summed E-state index contributed by atoms with van der Waals surface area (Å²) >= 11 is 0. The average Bonchev–Trinajstić information content (AvgIpc) is 2.94. The fourth-order valence-corrected chi connectivity index (χ4v) is 2.22. The van der Waals surface area contributed by atoms with E-state index in [0.29, 0.717) is 6.10 Å². The summed E-state index contributed by atoms with van der Waals surface area (Å²) in [4.78, 5) is 0. The van der Waals surface area contributed by atoms with Gasteiger partial charge in [0, 0.05) is 0 Å². The lowest BCUT2D eigenvalue weighted by atomic mass is 10.0. The van der Waals surface area contributed by atoms with Crippen LogP contribution in [0.4, 0.5) is 0 Å². The van der Waals surface area contributed by atoms with Gasteiger partial charge in [-0.15, -0.1) is 0 Å². The molecule has 0 radical (unpaired) electrons. The van der Waals surface area contributed by atoms with Crippen LogP contribution < -0.4 is 0 Å². The molecule has 18 heavy (non-hydrogen) atoms. The highest BCUT2D eigenvalue weighted by molar-refractivity contribution is 5.23. The zero-order valence-corrected chi connectivity index (χ0v) is 12.0. The SMILES string of the molecule is C/C(=C\Cc1ccc(C)cc1)CCC1OC1(C)C. The van der Waals surface area contributed by atoms with Crippen molar-refractivity contribution in [3.63, 3.8) is 0 Å². The molecule has 0 amide bonds. The van der Waals surface area contributed by atoms with E-state index in [4.69, 9.17) is 4.74 Å². The van der Waals surface area contributed by atoms with Crippen LogP contribution in [0.15, 0.2) is 35.9 Å². The third-order valence-corrected chi connectivity index (χ3v) is 3.77. The van der Waals surface area contributed by atoms with Crippen molar-refractivity contribution < 1.29 is 4.74 Å². The van der Waals surface area contributed by atoms with E-state index in [-0.39, 0.29) is 5.60 Å². The van der Waals surface area contributed by atoms with Crippen LogP contribution in [0.3, 0.4) is 0 Å². The van der Waals surface area contributed by atoms with Crippen molar-refractivity contribution in [3.8, 4) is 0 Å². The number of epoxide rings is 1. The van der Waals surface area contributed by atoms with Crippen molar-refractivity contribution in [1.29, 1.82) is 0 Å². The maximum atomic E-state index is 5.60. The van der Waals surface area contributed by atoms with E-state index in [0.717, 1.165) is 19.3 Å². The predicted octanol–water partition coefficient (Wildman–Crippen LogP) is 4.44. The van der Waals surface area contributed by atoms with Crippen LogP contribution in [0.1, 0.15) is 44.7 Å². The Morgan fingerprint density at radius 3 is 2.44 bits per heavy atom. The first-order valence-electron chi connectivity index (χ1n) is 6.86. The molecular weight excluding hydrogens is 220 g/mol. The lowest BCUT2D eigenvalue weighted by molar-refractivity contribution is 0.320. The molecule has 98 valence electrons. The smallest absolute Gasteiger partial charge is 0.0892 e. The zero-order valence-electron chi connectivity index (χ0n) is 12.0. The van der Waals surface area contributed by atoms with Crippen LogP contribution >= 0.6 is 0 Å². The zero-order chi connectivity index (χ0) is 13.2. The van der Waals surface area contributed by atoms with Crippen molar-refractivity contribution in [2.45, 2.75) is 58.7 Å². The van der Waals surface area contributed by atoms with Crippen LogP contribution in [0, 0.1) is 6.92 Å². The molecule has 1 aliphatic heterocycles. The second-order valence-corrected chi connectivity index (χ2v) is 5.99. The molecule has 1 saturated heterocycles. The van der Waals surface area contributed by atoms with E-state index in [2.05, 4.69) is 58.0 Å². The third kappa shape index (κ3) is 3.71. The Kier molecular flexibility index (Phi) is 3.91. The average molecular weight is 244 g/mol. The fourth-order valence-electron chi connectivity index (χ4n) is 2.22. The summed E-state index contributed by atoms with van der Waals surface area (Å²) in [6.45, 7) is 8.69. The number of hydrogen-bond donors (Lipinski definition) is 0. The van der Waals surface area contributed by atoms with Gasteiger partial charge in [-0.05, 0) is 52.5 Å². The second-order valence-electron chi connectivity index (χ2n) is 5.99. The summed E-state index contributed by atoms with van der Waals surface area (Å²) < 4.78 is 5.60. The summed E-state index contributed by atoms with van der Waals surface area (Å²) in [5.74, 6) is 0. The standard InChI is InChI=1S/C17H24O/c1-13-5-9-15(10-6-13)11-7-14(2)8-12-16-17(3,4)18-16/h5-7,9-10,16H,8,11-12H2,1-4H3/b14-7+. The molecule has 1 heterocycles. The first-order valence-corrected chi connectivity index (χ1v) is 6.86. The molecule has 0 N–H and O–H groups in total. The highest BCUT2D eigenvalue weighted by Gasteiger charge is 2.46. The minimum Gasteiger partial charge on any atom is -0.367 e. The molecule has 1 aliphatic rings. The molecule has 1 aromatic carbocycles. The van der Waals surface area contributed by atoms with E-state index in [1.54, 1.807) is 0 Å². The van der Waals surface area contributed by atoms with Crippen LogP contribution in [0.2, 0.25) is 0 Å². The number of hydrogen-bond acceptors (Lipinski definition) is 1. The van der Waals surface area contributed by atoms with Crippen molar-refractivity contribution in [2.75, 3.05) is 0 Å². The van der Waals surface area contributed by atoms with Gasteiger partial charge >= 0.3 is 0 Å². The van der Waals surface area contributed by atoms with E-state index in [1.807, 2.05) is 0 Å². The first kappa shape index (κ1) is 13.4. The number of allylic oxidation sites excluding steroid dienone is 2.